The number of aliphatic hydroxyl groups is 1. The summed E-state index contributed by atoms with van der Waals surface area (Å²) in [5, 5.41) is 10.5. The summed E-state index contributed by atoms with van der Waals surface area (Å²) >= 11 is 0. The third-order valence-electron chi connectivity index (χ3n) is 4.20. The largest absolute Gasteiger partial charge is 0.494 e. The highest BCUT2D eigenvalue weighted by Gasteiger charge is 2.26. The van der Waals surface area contributed by atoms with E-state index < -0.39 is 22.2 Å². The van der Waals surface area contributed by atoms with Gasteiger partial charge in [-0.2, -0.15) is 0 Å². The van der Waals surface area contributed by atoms with Crippen LogP contribution in [-0.2, 0) is 10.0 Å². The number of para-hydroxylation sites is 3. The van der Waals surface area contributed by atoms with E-state index in [1.807, 2.05) is 30.3 Å². The van der Waals surface area contributed by atoms with Gasteiger partial charge < -0.3 is 20.3 Å². The minimum absolute atomic E-state index is 0.195. The molecule has 158 valence electrons. The molecule has 0 heterocycles. The summed E-state index contributed by atoms with van der Waals surface area (Å²) in [6.07, 6.45) is 1.92. The van der Waals surface area contributed by atoms with E-state index in [-0.39, 0.29) is 13.2 Å². The van der Waals surface area contributed by atoms with Gasteiger partial charge in [-0.1, -0.05) is 43.0 Å². The van der Waals surface area contributed by atoms with Crippen LogP contribution >= 0.6 is 0 Å². The minimum Gasteiger partial charge on any atom is -0.494 e. The summed E-state index contributed by atoms with van der Waals surface area (Å²) in [5.41, 5.74) is 6.41. The highest BCUT2D eigenvalue weighted by atomic mass is 32.2. The van der Waals surface area contributed by atoms with Gasteiger partial charge in [-0.3, -0.25) is 4.31 Å². The van der Waals surface area contributed by atoms with Gasteiger partial charge in [0.15, 0.2) is 0 Å². The number of rotatable bonds is 12. The maximum absolute atomic E-state index is 12.4. The number of aliphatic hydroxyl groups excluding tert-OH is 1. The van der Waals surface area contributed by atoms with Gasteiger partial charge in [-0.15, -0.1) is 0 Å². The van der Waals surface area contributed by atoms with Crippen LogP contribution in [0.3, 0.4) is 0 Å². The molecule has 2 unspecified atom stereocenters. The van der Waals surface area contributed by atoms with E-state index >= 15 is 0 Å². The average molecular weight is 421 g/mol. The van der Waals surface area contributed by atoms with Gasteiger partial charge in [0.1, 0.15) is 18.1 Å². The molecular formula is C21H28N2O5S. The summed E-state index contributed by atoms with van der Waals surface area (Å²) in [6, 6.07) is 15.3. The number of ether oxygens (including phenoxy) is 2. The number of anilines is 1. The second kappa shape index (κ2) is 10.8. The van der Waals surface area contributed by atoms with E-state index in [1.165, 1.54) is 0 Å². The van der Waals surface area contributed by atoms with Gasteiger partial charge in [0.05, 0.1) is 31.2 Å². The molecule has 8 heteroatoms. The summed E-state index contributed by atoms with van der Waals surface area (Å²) in [7, 11) is -3.68. The number of hydrogen-bond donors (Lipinski definition) is 2. The van der Waals surface area contributed by atoms with Gasteiger partial charge >= 0.3 is 0 Å². The molecule has 0 saturated carbocycles. The monoisotopic (exact) mass is 420 g/mol. The number of nitrogens with zero attached hydrogens (tertiary/aromatic N) is 1. The molecule has 0 radical (unpaired) electrons. The smallest absolute Gasteiger partial charge is 0.232 e. The van der Waals surface area contributed by atoms with Crippen molar-refractivity contribution in [3.63, 3.8) is 0 Å². The topological polar surface area (TPSA) is 102 Å². The lowest BCUT2D eigenvalue weighted by atomic mass is 10.1. The zero-order valence-electron chi connectivity index (χ0n) is 16.5. The van der Waals surface area contributed by atoms with Crippen molar-refractivity contribution in [1.82, 2.24) is 0 Å². The van der Waals surface area contributed by atoms with Crippen molar-refractivity contribution in [3.05, 3.63) is 67.3 Å². The Hall–Kier alpha value is -2.55. The fraction of sp³-hybridized carbons (Fsp3) is 0.333. The Labute approximate surface area is 172 Å². The van der Waals surface area contributed by atoms with Crippen LogP contribution in [0.1, 0.15) is 6.42 Å². The molecule has 0 aromatic heterocycles. The lowest BCUT2D eigenvalue weighted by Gasteiger charge is -2.29. The average Bonchev–Trinajstić information content (AvgIpc) is 2.70. The van der Waals surface area contributed by atoms with Crippen LogP contribution in [0, 0.1) is 0 Å². The highest BCUT2D eigenvalue weighted by molar-refractivity contribution is 7.92. The first-order chi connectivity index (χ1) is 13.8. The molecule has 2 rings (SSSR count). The van der Waals surface area contributed by atoms with Crippen molar-refractivity contribution < 1.29 is 23.0 Å². The van der Waals surface area contributed by atoms with E-state index in [9.17, 15) is 13.5 Å². The van der Waals surface area contributed by atoms with Crippen molar-refractivity contribution in [3.8, 4) is 11.5 Å². The van der Waals surface area contributed by atoms with Crippen molar-refractivity contribution in [1.29, 1.82) is 0 Å². The fourth-order valence-corrected chi connectivity index (χ4v) is 3.61. The standard InChI is InChI=1S/C21H28N2O5S/c1-3-14-28-21-12-8-7-11-19(21)23(29(2,25)26)16-20(24)18(22)13-15-27-17-9-5-4-6-10-17/h3-12,18,20,24H,1,13-16,22H2,2H3. The molecule has 0 aliphatic carbocycles. The van der Waals surface area contributed by atoms with Crippen LogP contribution in [-0.4, -0.2) is 51.7 Å². The first-order valence-corrected chi connectivity index (χ1v) is 11.1. The molecule has 2 aromatic carbocycles. The van der Waals surface area contributed by atoms with E-state index in [2.05, 4.69) is 6.58 Å². The first kappa shape index (κ1) is 22.7. The molecule has 29 heavy (non-hydrogen) atoms. The van der Waals surface area contributed by atoms with Crippen molar-refractivity contribution in [2.75, 3.05) is 30.3 Å². The molecule has 0 fully saturated rings. The predicted octanol–water partition coefficient (Wildman–Crippen LogP) is 2.17. The zero-order chi connectivity index (χ0) is 21.3. The second-order valence-corrected chi connectivity index (χ2v) is 8.45. The Morgan fingerprint density at radius 3 is 2.45 bits per heavy atom. The van der Waals surface area contributed by atoms with Crippen LogP contribution in [0.2, 0.25) is 0 Å². The lowest BCUT2D eigenvalue weighted by Crippen LogP contribution is -2.46. The van der Waals surface area contributed by atoms with Crippen LogP contribution in [0.15, 0.2) is 67.3 Å². The van der Waals surface area contributed by atoms with Crippen molar-refractivity contribution in [2.24, 2.45) is 5.73 Å². The third-order valence-corrected chi connectivity index (χ3v) is 5.35. The molecule has 0 aliphatic rings. The van der Waals surface area contributed by atoms with Gasteiger partial charge in [-0.05, 0) is 30.7 Å². The van der Waals surface area contributed by atoms with E-state index in [4.69, 9.17) is 15.2 Å². The molecular weight excluding hydrogens is 392 g/mol. The van der Waals surface area contributed by atoms with E-state index in [0.717, 1.165) is 10.6 Å². The number of nitrogens with two attached hydrogens (primary N) is 1. The third kappa shape index (κ3) is 7.08. The maximum Gasteiger partial charge on any atom is 0.232 e. The van der Waals surface area contributed by atoms with Gasteiger partial charge in [0.2, 0.25) is 10.0 Å². The van der Waals surface area contributed by atoms with Gasteiger partial charge in [0, 0.05) is 6.04 Å². The lowest BCUT2D eigenvalue weighted by molar-refractivity contribution is 0.138. The Kier molecular flexibility index (Phi) is 8.50. The second-order valence-electron chi connectivity index (χ2n) is 6.54. The fourth-order valence-electron chi connectivity index (χ4n) is 2.67. The Balaban J connectivity index is 2.05. The van der Waals surface area contributed by atoms with Crippen LogP contribution in [0.4, 0.5) is 5.69 Å². The molecule has 0 amide bonds. The normalized spacial score (nSPS) is 13.3. The van der Waals surface area contributed by atoms with Gasteiger partial charge in [-0.25, -0.2) is 8.42 Å². The summed E-state index contributed by atoms with van der Waals surface area (Å²) in [5.74, 6) is 1.09. The van der Waals surface area contributed by atoms with Crippen LogP contribution < -0.4 is 19.5 Å². The molecule has 3 N–H and O–H groups in total. The Morgan fingerprint density at radius 2 is 1.79 bits per heavy atom. The summed E-state index contributed by atoms with van der Waals surface area (Å²) < 4.78 is 37.0. The van der Waals surface area contributed by atoms with E-state index in [1.54, 1.807) is 30.3 Å². The number of benzene rings is 2. The molecule has 0 saturated heterocycles. The summed E-state index contributed by atoms with van der Waals surface area (Å²) in [4.78, 5) is 0. The molecule has 2 aromatic rings. The Bertz CT molecular complexity index is 874. The molecule has 0 spiro atoms. The Morgan fingerprint density at radius 1 is 1.14 bits per heavy atom. The number of sulfonamides is 1. The van der Waals surface area contributed by atoms with Crippen LogP contribution in [0.5, 0.6) is 11.5 Å². The quantitative estimate of drug-likeness (QED) is 0.510. The predicted molar refractivity (Wildman–Crippen MR) is 115 cm³/mol. The molecule has 0 aliphatic heterocycles. The maximum atomic E-state index is 12.4. The van der Waals surface area contributed by atoms with E-state index in [0.29, 0.717) is 30.2 Å². The highest BCUT2D eigenvalue weighted by Crippen LogP contribution is 2.30. The molecule has 2 atom stereocenters. The minimum atomic E-state index is -3.68. The van der Waals surface area contributed by atoms with Gasteiger partial charge in [0.25, 0.3) is 0 Å². The van der Waals surface area contributed by atoms with Crippen molar-refractivity contribution in [2.45, 2.75) is 18.6 Å². The number of hydrogen-bond acceptors (Lipinski definition) is 6. The molecule has 7 nitrogen and oxygen atoms in total. The van der Waals surface area contributed by atoms with Crippen molar-refractivity contribution >= 4 is 15.7 Å². The SMILES string of the molecule is C=CCOc1ccccc1N(CC(O)C(N)CCOc1ccccc1)S(C)(=O)=O. The first-order valence-electron chi connectivity index (χ1n) is 9.25. The molecule has 0 bridgehead atoms. The summed E-state index contributed by atoms with van der Waals surface area (Å²) in [6.45, 7) is 3.94. The van der Waals surface area contributed by atoms with Crippen LogP contribution in [0.25, 0.3) is 0 Å². The zero-order valence-corrected chi connectivity index (χ0v) is 17.3.